The molecule has 9 nitrogen and oxygen atoms in total. The predicted molar refractivity (Wildman–Crippen MR) is 167 cm³/mol. The van der Waals surface area contributed by atoms with E-state index in [9.17, 15) is 19.2 Å². The largest absolute Gasteiger partial charge is 0.444 e. The van der Waals surface area contributed by atoms with Gasteiger partial charge >= 0.3 is 6.09 Å². The van der Waals surface area contributed by atoms with Crippen LogP contribution >= 0.6 is 11.6 Å². The van der Waals surface area contributed by atoms with E-state index < -0.39 is 41.5 Å². The lowest BCUT2D eigenvalue weighted by molar-refractivity contribution is -0.141. The molecule has 0 aliphatic rings. The Labute approximate surface area is 253 Å². The Bertz CT molecular complexity index is 1250. The van der Waals surface area contributed by atoms with Gasteiger partial charge in [-0.15, -0.1) is 0 Å². The van der Waals surface area contributed by atoms with Gasteiger partial charge in [-0.2, -0.15) is 0 Å². The van der Waals surface area contributed by atoms with Gasteiger partial charge in [0.15, 0.2) is 0 Å². The smallest absolute Gasteiger partial charge is 0.408 e. The molecule has 2 rings (SSSR count). The Morgan fingerprint density at radius 3 is 2.40 bits per heavy atom. The van der Waals surface area contributed by atoms with Crippen molar-refractivity contribution in [3.8, 4) is 0 Å². The van der Waals surface area contributed by atoms with Crippen LogP contribution in [-0.2, 0) is 19.1 Å². The minimum absolute atomic E-state index is 0.0671. The van der Waals surface area contributed by atoms with Crippen LogP contribution in [0.5, 0.6) is 0 Å². The van der Waals surface area contributed by atoms with Crippen LogP contribution in [0.2, 0.25) is 5.02 Å². The maximum Gasteiger partial charge on any atom is 0.408 e. The number of aryl methyl sites for hydroxylation is 1. The van der Waals surface area contributed by atoms with Crippen molar-refractivity contribution in [3.63, 3.8) is 0 Å². The van der Waals surface area contributed by atoms with Gasteiger partial charge in [0.25, 0.3) is 5.91 Å². The molecule has 4 amide bonds. The summed E-state index contributed by atoms with van der Waals surface area (Å²) in [5.74, 6) is -1.65. The van der Waals surface area contributed by atoms with Crippen LogP contribution < -0.4 is 16.4 Å². The van der Waals surface area contributed by atoms with E-state index in [0.29, 0.717) is 22.7 Å². The number of nitrogens with zero attached hydrogens (tertiary/aromatic N) is 1. The second kappa shape index (κ2) is 16.0. The van der Waals surface area contributed by atoms with E-state index in [4.69, 9.17) is 22.1 Å². The molecular weight excluding hydrogens is 556 g/mol. The number of para-hydroxylation sites is 1. The zero-order valence-corrected chi connectivity index (χ0v) is 25.9. The Kier molecular flexibility index (Phi) is 13.1. The number of halogens is 1. The standard InChI is InChI=1S/C32H43ClN4O5/c1-7-9-10-19-37(30(40)25(17-18-26(34)38)35-31(41)42-32(4,5)6)28(23-15-12-14-22(8-2)20-23)29(39)36-27-21(3)13-11-16-24(27)33/h8,11-16,20,25,28H,2,7,9-10,17-19H2,1,3-6H3,(H2,34,38)(H,35,41)(H,36,39). The average molecular weight is 599 g/mol. The number of primary amides is 1. The molecule has 0 aliphatic carbocycles. The molecule has 2 aromatic carbocycles. The maximum atomic E-state index is 14.3. The van der Waals surface area contributed by atoms with Crippen molar-refractivity contribution in [2.45, 2.75) is 84.4 Å². The van der Waals surface area contributed by atoms with Crippen LogP contribution in [0.25, 0.3) is 6.08 Å². The quantitative estimate of drug-likeness (QED) is 0.225. The summed E-state index contributed by atoms with van der Waals surface area (Å²) in [6, 6.07) is 10.2. The first kappa shape index (κ1) is 34.4. The zero-order chi connectivity index (χ0) is 31.4. The highest BCUT2D eigenvalue weighted by atomic mass is 35.5. The van der Waals surface area contributed by atoms with E-state index in [2.05, 4.69) is 17.2 Å². The van der Waals surface area contributed by atoms with E-state index in [1.165, 1.54) is 4.90 Å². The Hall–Kier alpha value is -3.85. The normalized spacial score (nSPS) is 12.5. The fourth-order valence-corrected chi connectivity index (χ4v) is 4.67. The molecule has 0 saturated carbocycles. The summed E-state index contributed by atoms with van der Waals surface area (Å²) in [5.41, 5.74) is 7.08. The van der Waals surface area contributed by atoms with E-state index in [1.54, 1.807) is 57.2 Å². The lowest BCUT2D eigenvalue weighted by Crippen LogP contribution is -2.53. The zero-order valence-electron chi connectivity index (χ0n) is 25.2. The number of carbonyl (C=O) groups is 4. The predicted octanol–water partition coefficient (Wildman–Crippen LogP) is 6.15. The number of benzene rings is 2. The van der Waals surface area contributed by atoms with Crippen LogP contribution in [0.4, 0.5) is 10.5 Å². The molecule has 228 valence electrons. The van der Waals surface area contributed by atoms with Gasteiger partial charge in [0.05, 0.1) is 10.7 Å². The number of nitrogens with two attached hydrogens (primary N) is 1. The number of nitrogens with one attached hydrogen (secondary N) is 2. The van der Waals surface area contributed by atoms with Crippen molar-refractivity contribution in [2.75, 3.05) is 11.9 Å². The van der Waals surface area contributed by atoms with Crippen molar-refractivity contribution >= 4 is 47.2 Å². The number of rotatable bonds is 14. The molecule has 0 saturated heterocycles. The first-order valence-electron chi connectivity index (χ1n) is 14.1. The average Bonchev–Trinajstić information content (AvgIpc) is 2.91. The summed E-state index contributed by atoms with van der Waals surface area (Å²) in [4.78, 5) is 54.3. The summed E-state index contributed by atoms with van der Waals surface area (Å²) in [6.45, 7) is 13.0. The number of alkyl carbamates (subject to hydrolysis) is 1. The summed E-state index contributed by atoms with van der Waals surface area (Å²) in [7, 11) is 0. The molecule has 0 heterocycles. The molecule has 0 bridgehead atoms. The van der Waals surface area contributed by atoms with Crippen LogP contribution in [0, 0.1) is 6.92 Å². The highest BCUT2D eigenvalue weighted by Crippen LogP contribution is 2.30. The van der Waals surface area contributed by atoms with Gasteiger partial charge in [-0.3, -0.25) is 14.4 Å². The van der Waals surface area contributed by atoms with Crippen LogP contribution in [0.3, 0.4) is 0 Å². The van der Waals surface area contributed by atoms with Gasteiger partial charge in [0.1, 0.15) is 17.7 Å². The molecule has 4 N–H and O–H groups in total. The van der Waals surface area contributed by atoms with Gasteiger partial charge in [0.2, 0.25) is 11.8 Å². The molecule has 2 unspecified atom stereocenters. The SMILES string of the molecule is C=Cc1cccc(C(C(=O)Nc2c(C)cccc2Cl)N(CCCCC)C(=O)C(CCC(N)=O)NC(=O)OC(C)(C)C)c1. The fourth-order valence-electron chi connectivity index (χ4n) is 4.40. The van der Waals surface area contributed by atoms with Crippen LogP contribution in [0.1, 0.15) is 82.5 Å². The van der Waals surface area contributed by atoms with Gasteiger partial charge in [-0.1, -0.05) is 74.4 Å². The summed E-state index contributed by atoms with van der Waals surface area (Å²) < 4.78 is 5.39. The van der Waals surface area contributed by atoms with E-state index in [1.807, 2.05) is 26.0 Å². The number of carbonyl (C=O) groups excluding carboxylic acids is 4. The Morgan fingerprint density at radius 1 is 1.12 bits per heavy atom. The van der Waals surface area contributed by atoms with Crippen molar-refractivity contribution in [1.29, 1.82) is 0 Å². The topological polar surface area (TPSA) is 131 Å². The first-order valence-corrected chi connectivity index (χ1v) is 14.5. The van der Waals surface area contributed by atoms with Crippen molar-refractivity contribution in [3.05, 3.63) is 70.8 Å². The lowest BCUT2D eigenvalue weighted by Gasteiger charge is -2.35. The number of hydrogen-bond donors (Lipinski definition) is 3. The van der Waals surface area contributed by atoms with Crippen molar-refractivity contribution in [2.24, 2.45) is 5.73 Å². The van der Waals surface area contributed by atoms with E-state index in [-0.39, 0.29) is 19.4 Å². The number of unbranched alkanes of at least 4 members (excludes halogenated alkanes) is 2. The van der Waals surface area contributed by atoms with E-state index >= 15 is 0 Å². The molecule has 0 aromatic heterocycles. The molecule has 0 spiro atoms. The number of ether oxygens (including phenoxy) is 1. The van der Waals surface area contributed by atoms with Crippen LogP contribution in [-0.4, -0.2) is 46.9 Å². The minimum atomic E-state index is -1.17. The van der Waals surface area contributed by atoms with E-state index in [0.717, 1.165) is 24.0 Å². The molecular formula is C32H43ClN4O5. The summed E-state index contributed by atoms with van der Waals surface area (Å²) in [5, 5.41) is 5.89. The third-order valence-electron chi connectivity index (χ3n) is 6.45. The number of anilines is 1. The second-order valence-corrected chi connectivity index (χ2v) is 11.5. The summed E-state index contributed by atoms with van der Waals surface area (Å²) >= 11 is 6.43. The molecule has 2 aromatic rings. The highest BCUT2D eigenvalue weighted by molar-refractivity contribution is 6.34. The second-order valence-electron chi connectivity index (χ2n) is 11.1. The Balaban J connectivity index is 2.63. The first-order chi connectivity index (χ1) is 19.8. The van der Waals surface area contributed by atoms with Gasteiger partial charge in [-0.05, 0) is 69.4 Å². The third kappa shape index (κ3) is 10.5. The molecule has 0 fully saturated rings. The lowest BCUT2D eigenvalue weighted by atomic mass is 9.98. The molecule has 2 atom stereocenters. The van der Waals surface area contributed by atoms with Crippen LogP contribution in [0.15, 0.2) is 49.0 Å². The molecule has 0 aliphatic heterocycles. The highest BCUT2D eigenvalue weighted by Gasteiger charge is 2.36. The van der Waals surface area contributed by atoms with Crippen molar-refractivity contribution in [1.82, 2.24) is 10.2 Å². The third-order valence-corrected chi connectivity index (χ3v) is 6.76. The van der Waals surface area contributed by atoms with Gasteiger partial charge in [0, 0.05) is 13.0 Å². The molecule has 10 heteroatoms. The van der Waals surface area contributed by atoms with Gasteiger partial charge < -0.3 is 26.0 Å². The Morgan fingerprint density at radius 2 is 1.81 bits per heavy atom. The summed E-state index contributed by atoms with van der Waals surface area (Å²) in [6.07, 6.45) is 2.90. The molecule has 0 radical (unpaired) electrons. The monoisotopic (exact) mass is 598 g/mol. The molecule has 42 heavy (non-hydrogen) atoms. The fraction of sp³-hybridized carbons (Fsp3) is 0.438. The minimum Gasteiger partial charge on any atom is -0.444 e. The number of hydrogen-bond acceptors (Lipinski definition) is 5. The van der Waals surface area contributed by atoms with Crippen molar-refractivity contribution < 1.29 is 23.9 Å². The number of amides is 4. The maximum absolute atomic E-state index is 14.3. The van der Waals surface area contributed by atoms with Gasteiger partial charge in [-0.25, -0.2) is 4.79 Å².